The summed E-state index contributed by atoms with van der Waals surface area (Å²) >= 11 is 11.4. The van der Waals surface area contributed by atoms with Crippen LogP contribution in [0.15, 0.2) is 35.3 Å². The van der Waals surface area contributed by atoms with Crippen molar-refractivity contribution in [2.24, 2.45) is 0 Å². The lowest BCUT2D eigenvalue weighted by atomic mass is 10.2. The van der Waals surface area contributed by atoms with Crippen LogP contribution >= 0.6 is 23.2 Å². The summed E-state index contributed by atoms with van der Waals surface area (Å²) in [4.78, 5) is 11.7. The van der Waals surface area contributed by atoms with E-state index in [0.717, 1.165) is 5.56 Å². The molecular weight excluding hydrogens is 261 g/mol. The zero-order valence-electron chi connectivity index (χ0n) is 8.73. The Morgan fingerprint density at radius 3 is 2.71 bits per heavy atom. The van der Waals surface area contributed by atoms with Crippen LogP contribution in [0.3, 0.4) is 0 Å². The number of nitrogens with zero attached hydrogens (tertiary/aromatic N) is 2. The van der Waals surface area contributed by atoms with Gasteiger partial charge in [0.15, 0.2) is 0 Å². The third kappa shape index (κ3) is 2.43. The zero-order chi connectivity index (χ0) is 12.4. The van der Waals surface area contributed by atoms with Crippen LogP contribution < -0.4 is 11.3 Å². The van der Waals surface area contributed by atoms with E-state index >= 15 is 0 Å². The first-order valence-corrected chi connectivity index (χ1v) is 5.59. The van der Waals surface area contributed by atoms with E-state index in [1.807, 2.05) is 18.2 Å². The van der Waals surface area contributed by atoms with E-state index < -0.39 is 5.56 Å². The molecule has 0 amide bonds. The van der Waals surface area contributed by atoms with E-state index in [-0.39, 0.29) is 16.6 Å². The van der Waals surface area contributed by atoms with E-state index in [2.05, 4.69) is 5.10 Å². The fraction of sp³-hybridized carbons (Fsp3) is 0.0909. The lowest BCUT2D eigenvalue weighted by Gasteiger charge is -2.07. The minimum absolute atomic E-state index is 0.0313. The van der Waals surface area contributed by atoms with Crippen molar-refractivity contribution in [2.75, 3.05) is 5.73 Å². The molecule has 88 valence electrons. The Hall–Kier alpha value is -1.52. The molecule has 0 aliphatic carbocycles. The van der Waals surface area contributed by atoms with Crippen LogP contribution in [0.1, 0.15) is 5.56 Å². The van der Waals surface area contributed by atoms with Crippen molar-refractivity contribution < 1.29 is 0 Å². The quantitative estimate of drug-likeness (QED) is 0.851. The number of nitrogens with two attached hydrogens (primary N) is 1. The summed E-state index contributed by atoms with van der Waals surface area (Å²) in [7, 11) is 0. The van der Waals surface area contributed by atoms with Gasteiger partial charge in [0.05, 0.1) is 17.8 Å². The highest BCUT2D eigenvalue weighted by Crippen LogP contribution is 2.16. The standard InChI is InChI=1S/C11H9Cl2N3O/c12-8-5-15-16(11(17)10(8)13)6-7-3-1-2-4-9(7)14/h1-5H,6,14H2. The summed E-state index contributed by atoms with van der Waals surface area (Å²) in [6.45, 7) is 0.266. The number of hydrogen-bond acceptors (Lipinski definition) is 3. The largest absolute Gasteiger partial charge is 0.398 e. The number of aromatic nitrogens is 2. The molecule has 2 rings (SSSR count). The molecule has 17 heavy (non-hydrogen) atoms. The topological polar surface area (TPSA) is 60.9 Å². The third-order valence-corrected chi connectivity index (χ3v) is 3.07. The van der Waals surface area contributed by atoms with Crippen LogP contribution in [0.25, 0.3) is 0 Å². The second-order valence-corrected chi connectivity index (χ2v) is 4.25. The molecule has 1 aromatic carbocycles. The van der Waals surface area contributed by atoms with Crippen LogP contribution in [-0.4, -0.2) is 9.78 Å². The highest BCUT2D eigenvalue weighted by Gasteiger charge is 2.08. The first kappa shape index (κ1) is 12.0. The maximum atomic E-state index is 11.7. The molecule has 0 unspecified atom stereocenters. The Morgan fingerprint density at radius 1 is 1.29 bits per heavy atom. The fourth-order valence-electron chi connectivity index (χ4n) is 1.40. The van der Waals surface area contributed by atoms with Gasteiger partial charge in [-0.25, -0.2) is 4.68 Å². The molecule has 0 radical (unpaired) electrons. The van der Waals surface area contributed by atoms with E-state index in [0.29, 0.717) is 5.69 Å². The maximum absolute atomic E-state index is 11.7. The number of nitrogen functional groups attached to an aromatic ring is 1. The second kappa shape index (κ2) is 4.77. The molecule has 0 saturated carbocycles. The highest BCUT2D eigenvalue weighted by molar-refractivity contribution is 6.41. The average Bonchev–Trinajstić information content (AvgIpc) is 2.32. The lowest BCUT2D eigenvalue weighted by molar-refractivity contribution is 0.640. The molecule has 4 nitrogen and oxygen atoms in total. The van der Waals surface area contributed by atoms with Crippen LogP contribution in [0.4, 0.5) is 5.69 Å². The molecule has 0 atom stereocenters. The minimum atomic E-state index is -0.428. The molecule has 2 N–H and O–H groups in total. The summed E-state index contributed by atoms with van der Waals surface area (Å²) in [5.41, 5.74) is 6.77. The van der Waals surface area contributed by atoms with Gasteiger partial charge >= 0.3 is 0 Å². The van der Waals surface area contributed by atoms with Crippen LogP contribution in [0.2, 0.25) is 10.0 Å². The normalized spacial score (nSPS) is 10.5. The van der Waals surface area contributed by atoms with Gasteiger partial charge in [-0.05, 0) is 11.6 Å². The first-order valence-electron chi connectivity index (χ1n) is 4.84. The number of halogens is 2. The SMILES string of the molecule is Nc1ccccc1Cn1ncc(Cl)c(Cl)c1=O. The van der Waals surface area contributed by atoms with Crippen LogP contribution in [0, 0.1) is 0 Å². The molecule has 0 saturated heterocycles. The Labute approximate surface area is 108 Å². The smallest absolute Gasteiger partial charge is 0.287 e. The molecule has 0 bridgehead atoms. The molecule has 0 spiro atoms. The van der Waals surface area contributed by atoms with Gasteiger partial charge in [-0.3, -0.25) is 4.79 Å². The van der Waals surface area contributed by atoms with E-state index in [4.69, 9.17) is 28.9 Å². The summed E-state index contributed by atoms with van der Waals surface area (Å²) in [6, 6.07) is 7.25. The zero-order valence-corrected chi connectivity index (χ0v) is 10.2. The molecule has 1 aromatic heterocycles. The van der Waals surface area contributed by atoms with Crippen molar-refractivity contribution in [2.45, 2.75) is 6.54 Å². The van der Waals surface area contributed by atoms with E-state index in [1.54, 1.807) is 6.07 Å². The van der Waals surface area contributed by atoms with Crippen molar-refractivity contribution in [1.82, 2.24) is 9.78 Å². The number of para-hydroxylation sites is 1. The Kier molecular flexibility index (Phi) is 3.36. The molecule has 6 heteroatoms. The Morgan fingerprint density at radius 2 is 2.00 bits per heavy atom. The monoisotopic (exact) mass is 269 g/mol. The van der Waals surface area contributed by atoms with Gasteiger partial charge < -0.3 is 5.73 Å². The Balaban J connectivity index is 2.41. The third-order valence-electron chi connectivity index (χ3n) is 2.32. The molecule has 2 aromatic rings. The van der Waals surface area contributed by atoms with Gasteiger partial charge in [0.25, 0.3) is 5.56 Å². The molecular formula is C11H9Cl2N3O. The number of rotatable bonds is 2. The highest BCUT2D eigenvalue weighted by atomic mass is 35.5. The lowest BCUT2D eigenvalue weighted by Crippen LogP contribution is -2.24. The molecule has 0 fully saturated rings. The van der Waals surface area contributed by atoms with Gasteiger partial charge in [0.2, 0.25) is 0 Å². The Bertz CT molecular complexity index is 610. The van der Waals surface area contributed by atoms with Crippen molar-refractivity contribution in [3.8, 4) is 0 Å². The summed E-state index contributed by atoms with van der Waals surface area (Å²) in [5.74, 6) is 0. The fourth-order valence-corrected chi connectivity index (χ4v) is 1.67. The van der Waals surface area contributed by atoms with Crippen LogP contribution in [-0.2, 0) is 6.54 Å². The van der Waals surface area contributed by atoms with Crippen molar-refractivity contribution in [3.63, 3.8) is 0 Å². The predicted octanol–water partition coefficient (Wildman–Crippen LogP) is 2.18. The molecule has 0 aliphatic rings. The summed E-state index contributed by atoms with van der Waals surface area (Å²) in [6.07, 6.45) is 1.34. The van der Waals surface area contributed by atoms with Crippen molar-refractivity contribution in [3.05, 3.63) is 56.4 Å². The molecule has 0 aliphatic heterocycles. The number of benzene rings is 1. The second-order valence-electron chi connectivity index (χ2n) is 3.47. The van der Waals surface area contributed by atoms with Gasteiger partial charge in [-0.1, -0.05) is 41.4 Å². The van der Waals surface area contributed by atoms with Crippen molar-refractivity contribution in [1.29, 1.82) is 0 Å². The predicted molar refractivity (Wildman–Crippen MR) is 68.5 cm³/mol. The van der Waals surface area contributed by atoms with Crippen LogP contribution in [0.5, 0.6) is 0 Å². The summed E-state index contributed by atoms with van der Waals surface area (Å²) < 4.78 is 1.22. The average molecular weight is 270 g/mol. The van der Waals surface area contributed by atoms with Gasteiger partial charge in [-0.15, -0.1) is 0 Å². The van der Waals surface area contributed by atoms with E-state index in [9.17, 15) is 4.79 Å². The number of hydrogen-bond donors (Lipinski definition) is 1. The molecule has 1 heterocycles. The minimum Gasteiger partial charge on any atom is -0.398 e. The van der Waals surface area contributed by atoms with Gasteiger partial charge in [0, 0.05) is 5.69 Å². The van der Waals surface area contributed by atoms with E-state index in [1.165, 1.54) is 10.9 Å². The van der Waals surface area contributed by atoms with Gasteiger partial charge in [-0.2, -0.15) is 5.10 Å². The first-order chi connectivity index (χ1) is 8.09. The summed E-state index contributed by atoms with van der Waals surface area (Å²) in [5, 5.41) is 4.02. The number of anilines is 1. The van der Waals surface area contributed by atoms with Gasteiger partial charge in [0.1, 0.15) is 5.02 Å². The maximum Gasteiger partial charge on any atom is 0.287 e. The van der Waals surface area contributed by atoms with Crippen molar-refractivity contribution >= 4 is 28.9 Å².